The van der Waals surface area contributed by atoms with Crippen LogP contribution in [0.25, 0.3) is 10.2 Å². The molecule has 0 saturated carbocycles. The fraction of sp³-hybridized carbons (Fsp3) is 0.174. The Morgan fingerprint density at radius 2 is 1.91 bits per heavy atom. The van der Waals surface area contributed by atoms with Crippen LogP contribution in [-0.4, -0.2) is 37.2 Å². The molecular formula is C23H20FN3O4S2. The van der Waals surface area contributed by atoms with Crippen molar-refractivity contribution in [1.82, 2.24) is 9.97 Å². The van der Waals surface area contributed by atoms with Crippen LogP contribution in [-0.2, 0) is 21.2 Å². The Morgan fingerprint density at radius 3 is 2.58 bits per heavy atom. The van der Waals surface area contributed by atoms with Crippen molar-refractivity contribution < 1.29 is 22.3 Å². The molecule has 0 radical (unpaired) electrons. The Kier molecular flexibility index (Phi) is 6.66. The van der Waals surface area contributed by atoms with E-state index in [0.29, 0.717) is 15.6 Å². The zero-order chi connectivity index (χ0) is 23.4. The van der Waals surface area contributed by atoms with Crippen LogP contribution in [0.1, 0.15) is 12.0 Å². The molecule has 170 valence electrons. The van der Waals surface area contributed by atoms with E-state index < -0.39 is 21.6 Å². The SMILES string of the molecule is COc1ccc(S(=O)(=O)CCC(=O)N(Cc2cccnc2)c2nc3c(F)cccc3s2)cc1. The summed E-state index contributed by atoms with van der Waals surface area (Å²) in [5, 5.41) is 0.297. The van der Waals surface area contributed by atoms with Crippen LogP contribution in [0.2, 0.25) is 0 Å². The maximum Gasteiger partial charge on any atom is 0.230 e. The van der Waals surface area contributed by atoms with E-state index in [1.807, 2.05) is 0 Å². The molecule has 7 nitrogen and oxygen atoms in total. The lowest BCUT2D eigenvalue weighted by Gasteiger charge is -2.20. The number of para-hydroxylation sites is 1. The zero-order valence-corrected chi connectivity index (χ0v) is 19.3. The van der Waals surface area contributed by atoms with E-state index in [-0.39, 0.29) is 29.1 Å². The summed E-state index contributed by atoms with van der Waals surface area (Å²) in [7, 11) is -2.20. The Balaban J connectivity index is 1.59. The summed E-state index contributed by atoms with van der Waals surface area (Å²) in [6, 6.07) is 14.2. The molecule has 0 aliphatic carbocycles. The van der Waals surface area contributed by atoms with Crippen LogP contribution >= 0.6 is 11.3 Å². The number of benzene rings is 2. The number of rotatable bonds is 8. The first kappa shape index (κ1) is 22.8. The molecule has 1 amide bonds. The number of thiazole rings is 1. The number of methoxy groups -OCH3 is 1. The predicted octanol–water partition coefficient (Wildman–Crippen LogP) is 4.24. The molecule has 10 heteroatoms. The molecule has 2 aromatic carbocycles. The van der Waals surface area contributed by atoms with E-state index in [9.17, 15) is 17.6 Å². The van der Waals surface area contributed by atoms with Crippen molar-refractivity contribution in [2.75, 3.05) is 17.8 Å². The standard InChI is InChI=1S/C23H20FN3O4S2/c1-31-17-7-9-18(10-8-17)33(29,30)13-11-21(28)27(15-16-4-3-12-25-14-16)23-26-22-19(24)5-2-6-20(22)32-23/h2-10,12,14H,11,13,15H2,1H3. The maximum absolute atomic E-state index is 14.2. The third kappa shape index (κ3) is 5.18. The molecule has 0 atom stereocenters. The molecule has 0 fully saturated rings. The van der Waals surface area contributed by atoms with Crippen molar-refractivity contribution in [1.29, 1.82) is 0 Å². The van der Waals surface area contributed by atoms with E-state index in [1.165, 1.54) is 41.5 Å². The Labute approximate surface area is 194 Å². The average molecular weight is 486 g/mol. The Morgan fingerprint density at radius 1 is 1.12 bits per heavy atom. The van der Waals surface area contributed by atoms with Crippen LogP contribution in [0.5, 0.6) is 5.75 Å². The van der Waals surface area contributed by atoms with E-state index in [4.69, 9.17) is 4.74 Å². The first-order valence-electron chi connectivity index (χ1n) is 9.98. The number of hydrogen-bond acceptors (Lipinski definition) is 7. The van der Waals surface area contributed by atoms with Gasteiger partial charge in [0.1, 0.15) is 17.1 Å². The molecule has 0 spiro atoms. The van der Waals surface area contributed by atoms with Gasteiger partial charge in [-0.1, -0.05) is 23.5 Å². The van der Waals surface area contributed by atoms with Gasteiger partial charge in [0.15, 0.2) is 15.0 Å². The fourth-order valence-electron chi connectivity index (χ4n) is 3.21. The van der Waals surface area contributed by atoms with Gasteiger partial charge in [-0.25, -0.2) is 17.8 Å². The number of nitrogens with zero attached hydrogens (tertiary/aromatic N) is 3. The molecule has 0 aliphatic rings. The molecule has 33 heavy (non-hydrogen) atoms. The van der Waals surface area contributed by atoms with E-state index in [2.05, 4.69) is 9.97 Å². The predicted molar refractivity (Wildman–Crippen MR) is 125 cm³/mol. The minimum absolute atomic E-state index is 0.108. The summed E-state index contributed by atoms with van der Waals surface area (Å²) < 4.78 is 45.3. The summed E-state index contributed by atoms with van der Waals surface area (Å²) in [6.45, 7) is 0.136. The Hall–Kier alpha value is -3.37. The lowest BCUT2D eigenvalue weighted by Crippen LogP contribution is -2.31. The van der Waals surface area contributed by atoms with Crippen molar-refractivity contribution in [2.45, 2.75) is 17.9 Å². The van der Waals surface area contributed by atoms with Gasteiger partial charge in [0.05, 0.1) is 29.0 Å². The molecule has 0 unspecified atom stereocenters. The number of ether oxygens (including phenoxy) is 1. The quantitative estimate of drug-likeness (QED) is 0.371. The number of fused-ring (bicyclic) bond motifs is 1. The van der Waals surface area contributed by atoms with Crippen molar-refractivity contribution in [3.8, 4) is 5.75 Å². The summed E-state index contributed by atoms with van der Waals surface area (Å²) in [6.07, 6.45) is 2.97. The first-order chi connectivity index (χ1) is 15.9. The highest BCUT2D eigenvalue weighted by molar-refractivity contribution is 7.91. The van der Waals surface area contributed by atoms with E-state index in [0.717, 1.165) is 5.56 Å². The first-order valence-corrected chi connectivity index (χ1v) is 12.5. The second-order valence-electron chi connectivity index (χ2n) is 7.17. The second kappa shape index (κ2) is 9.63. The number of pyridine rings is 1. The highest BCUT2D eigenvalue weighted by Crippen LogP contribution is 2.31. The number of carbonyl (C=O) groups is 1. The van der Waals surface area contributed by atoms with Gasteiger partial charge in [0.25, 0.3) is 0 Å². The number of hydrogen-bond donors (Lipinski definition) is 0. The van der Waals surface area contributed by atoms with Crippen molar-refractivity contribution in [3.05, 3.63) is 78.4 Å². The molecule has 0 bridgehead atoms. The normalized spacial score (nSPS) is 11.5. The van der Waals surface area contributed by atoms with Gasteiger partial charge in [-0.3, -0.25) is 14.7 Å². The largest absolute Gasteiger partial charge is 0.497 e. The third-order valence-corrected chi connectivity index (χ3v) is 7.73. The molecule has 4 rings (SSSR count). The molecule has 0 saturated heterocycles. The van der Waals surface area contributed by atoms with Crippen LogP contribution in [0.15, 0.2) is 71.9 Å². The van der Waals surface area contributed by atoms with Gasteiger partial charge >= 0.3 is 0 Å². The molecule has 2 heterocycles. The van der Waals surface area contributed by atoms with Crippen LogP contribution in [0.3, 0.4) is 0 Å². The van der Waals surface area contributed by atoms with Gasteiger partial charge in [-0.05, 0) is 48.0 Å². The van der Waals surface area contributed by atoms with Gasteiger partial charge in [-0.15, -0.1) is 0 Å². The average Bonchev–Trinajstić information content (AvgIpc) is 3.27. The van der Waals surface area contributed by atoms with Gasteiger partial charge in [0.2, 0.25) is 5.91 Å². The summed E-state index contributed by atoms with van der Waals surface area (Å²) >= 11 is 1.17. The number of anilines is 1. The maximum atomic E-state index is 14.2. The lowest BCUT2D eigenvalue weighted by atomic mass is 10.2. The lowest BCUT2D eigenvalue weighted by molar-refractivity contribution is -0.118. The fourth-order valence-corrected chi connectivity index (χ4v) is 5.44. The van der Waals surface area contributed by atoms with Gasteiger partial charge < -0.3 is 4.74 Å². The van der Waals surface area contributed by atoms with Gasteiger partial charge in [0, 0.05) is 18.8 Å². The van der Waals surface area contributed by atoms with Crippen LogP contribution in [0, 0.1) is 5.82 Å². The minimum Gasteiger partial charge on any atom is -0.497 e. The molecule has 2 aromatic heterocycles. The molecule has 0 aliphatic heterocycles. The third-order valence-electron chi connectivity index (χ3n) is 4.96. The van der Waals surface area contributed by atoms with E-state index >= 15 is 0 Å². The summed E-state index contributed by atoms with van der Waals surface area (Å²) in [5.41, 5.74) is 0.913. The Bertz CT molecular complexity index is 1370. The number of halogens is 1. The smallest absolute Gasteiger partial charge is 0.230 e. The van der Waals surface area contributed by atoms with Gasteiger partial charge in [-0.2, -0.15) is 0 Å². The molecular weight excluding hydrogens is 465 g/mol. The van der Waals surface area contributed by atoms with Crippen LogP contribution in [0.4, 0.5) is 9.52 Å². The highest BCUT2D eigenvalue weighted by atomic mass is 32.2. The molecule has 0 N–H and O–H groups in total. The minimum atomic E-state index is -3.69. The second-order valence-corrected chi connectivity index (χ2v) is 10.3. The number of aromatic nitrogens is 2. The highest BCUT2D eigenvalue weighted by Gasteiger charge is 2.24. The zero-order valence-electron chi connectivity index (χ0n) is 17.6. The molecule has 4 aromatic rings. The number of amides is 1. The topological polar surface area (TPSA) is 89.5 Å². The van der Waals surface area contributed by atoms with Crippen molar-refractivity contribution in [2.24, 2.45) is 0 Å². The number of carbonyl (C=O) groups excluding carboxylic acids is 1. The number of sulfone groups is 1. The van der Waals surface area contributed by atoms with Crippen molar-refractivity contribution in [3.63, 3.8) is 0 Å². The van der Waals surface area contributed by atoms with Crippen LogP contribution < -0.4 is 9.64 Å². The van der Waals surface area contributed by atoms with Crippen molar-refractivity contribution >= 4 is 42.4 Å². The summed E-state index contributed by atoms with van der Waals surface area (Å²) in [4.78, 5) is 23.1. The summed E-state index contributed by atoms with van der Waals surface area (Å²) in [5.74, 6) is -0.752. The van der Waals surface area contributed by atoms with E-state index in [1.54, 1.807) is 48.8 Å². The monoisotopic (exact) mass is 485 g/mol.